The second-order valence-electron chi connectivity index (χ2n) is 6.62. The molecule has 0 aromatic heterocycles. The van der Waals surface area contributed by atoms with Gasteiger partial charge in [0.1, 0.15) is 11.5 Å². The summed E-state index contributed by atoms with van der Waals surface area (Å²) in [4.78, 5) is 0. The van der Waals surface area contributed by atoms with Crippen LogP contribution in [0.3, 0.4) is 0 Å². The lowest BCUT2D eigenvalue weighted by molar-refractivity contribution is 0.415. The Morgan fingerprint density at radius 3 is 1.04 bits per heavy atom. The molecule has 0 unspecified atom stereocenters. The molecule has 0 N–H and O–H groups in total. The summed E-state index contributed by atoms with van der Waals surface area (Å²) < 4.78 is 10.6. The minimum atomic E-state index is 0.870. The van der Waals surface area contributed by atoms with E-state index in [2.05, 4.69) is 72.8 Å². The van der Waals surface area contributed by atoms with E-state index in [-0.39, 0.29) is 0 Å². The Bertz CT molecular complexity index is 975. The monoisotopic (exact) mass is 366 g/mol. The predicted molar refractivity (Wildman–Crippen MR) is 116 cm³/mol. The van der Waals surface area contributed by atoms with Crippen molar-refractivity contribution in [3.63, 3.8) is 0 Å². The summed E-state index contributed by atoms with van der Waals surface area (Å²) in [5.41, 5.74) is 7.05. The van der Waals surface area contributed by atoms with Crippen LogP contribution in [0, 0.1) is 0 Å². The third kappa shape index (κ3) is 3.77. The fourth-order valence-electron chi connectivity index (χ4n) is 3.32. The molecular formula is C26H22O2. The SMILES string of the molecule is COc1cccc(-c2ccc(-c3ccc(-c4cccc(OC)c4)cc3)cc2)c1. The van der Waals surface area contributed by atoms with Crippen LogP contribution in [0.25, 0.3) is 33.4 Å². The maximum atomic E-state index is 5.32. The third-order valence-electron chi connectivity index (χ3n) is 4.91. The first-order chi connectivity index (χ1) is 13.8. The van der Waals surface area contributed by atoms with Crippen LogP contribution in [0.1, 0.15) is 0 Å². The molecule has 0 spiro atoms. The van der Waals surface area contributed by atoms with Crippen molar-refractivity contribution in [2.45, 2.75) is 0 Å². The van der Waals surface area contributed by atoms with Crippen LogP contribution in [-0.4, -0.2) is 14.2 Å². The van der Waals surface area contributed by atoms with E-state index >= 15 is 0 Å². The van der Waals surface area contributed by atoms with E-state index in [1.54, 1.807) is 14.2 Å². The van der Waals surface area contributed by atoms with Gasteiger partial charge in [-0.3, -0.25) is 0 Å². The lowest BCUT2D eigenvalue weighted by Crippen LogP contribution is -1.85. The molecule has 0 saturated heterocycles. The Balaban J connectivity index is 1.57. The van der Waals surface area contributed by atoms with Crippen molar-refractivity contribution >= 4 is 0 Å². The normalized spacial score (nSPS) is 10.5. The van der Waals surface area contributed by atoms with Crippen molar-refractivity contribution in [1.82, 2.24) is 0 Å². The quantitative estimate of drug-likeness (QED) is 0.391. The van der Waals surface area contributed by atoms with E-state index in [1.165, 1.54) is 22.3 Å². The average Bonchev–Trinajstić information content (AvgIpc) is 2.79. The second kappa shape index (κ2) is 8.01. The van der Waals surface area contributed by atoms with E-state index in [4.69, 9.17) is 9.47 Å². The molecule has 0 aliphatic rings. The van der Waals surface area contributed by atoms with Gasteiger partial charge in [-0.25, -0.2) is 0 Å². The standard InChI is InChI=1S/C26H22O2/c1-27-25-7-3-5-23(17-25)21-13-9-19(10-14-21)20-11-15-22(16-12-20)24-6-4-8-26(18-24)28-2/h3-18H,1-2H3. The molecule has 28 heavy (non-hydrogen) atoms. The van der Waals surface area contributed by atoms with Gasteiger partial charge >= 0.3 is 0 Å². The second-order valence-corrected chi connectivity index (χ2v) is 6.62. The molecule has 0 fully saturated rings. The van der Waals surface area contributed by atoms with Crippen LogP contribution in [0.5, 0.6) is 11.5 Å². The first kappa shape index (κ1) is 17.9. The molecule has 4 aromatic rings. The number of ether oxygens (including phenoxy) is 2. The van der Waals surface area contributed by atoms with Gasteiger partial charge in [0.25, 0.3) is 0 Å². The Morgan fingerprint density at radius 1 is 0.393 bits per heavy atom. The van der Waals surface area contributed by atoms with Crippen LogP contribution < -0.4 is 9.47 Å². The Kier molecular flexibility index (Phi) is 5.11. The van der Waals surface area contributed by atoms with Crippen molar-refractivity contribution in [3.8, 4) is 44.9 Å². The van der Waals surface area contributed by atoms with Gasteiger partial charge in [-0.1, -0.05) is 72.8 Å². The van der Waals surface area contributed by atoms with Crippen molar-refractivity contribution in [2.75, 3.05) is 14.2 Å². The van der Waals surface area contributed by atoms with Crippen LogP contribution in [0.2, 0.25) is 0 Å². The van der Waals surface area contributed by atoms with Crippen molar-refractivity contribution in [3.05, 3.63) is 97.1 Å². The van der Waals surface area contributed by atoms with Gasteiger partial charge in [-0.2, -0.15) is 0 Å². The summed E-state index contributed by atoms with van der Waals surface area (Å²) in [5.74, 6) is 1.74. The molecule has 0 aliphatic heterocycles. The highest BCUT2D eigenvalue weighted by Gasteiger charge is 2.04. The zero-order valence-electron chi connectivity index (χ0n) is 16.1. The highest BCUT2D eigenvalue weighted by molar-refractivity contribution is 5.74. The van der Waals surface area contributed by atoms with Crippen LogP contribution >= 0.6 is 0 Å². The first-order valence-corrected chi connectivity index (χ1v) is 9.26. The lowest BCUT2D eigenvalue weighted by Gasteiger charge is -2.08. The van der Waals surface area contributed by atoms with Gasteiger partial charge in [0.2, 0.25) is 0 Å². The molecule has 0 bridgehead atoms. The average molecular weight is 366 g/mol. The number of hydrogen-bond donors (Lipinski definition) is 0. The number of benzene rings is 4. The molecule has 0 aliphatic carbocycles. The number of rotatable bonds is 5. The molecule has 0 radical (unpaired) electrons. The first-order valence-electron chi connectivity index (χ1n) is 9.26. The van der Waals surface area contributed by atoms with Gasteiger partial charge in [0.15, 0.2) is 0 Å². The Morgan fingerprint density at radius 2 is 0.714 bits per heavy atom. The lowest BCUT2D eigenvalue weighted by atomic mass is 9.98. The molecule has 0 atom stereocenters. The third-order valence-corrected chi connectivity index (χ3v) is 4.91. The summed E-state index contributed by atoms with van der Waals surface area (Å²) in [5, 5.41) is 0. The van der Waals surface area contributed by atoms with Crippen LogP contribution in [0.4, 0.5) is 0 Å². The summed E-state index contributed by atoms with van der Waals surface area (Å²) in [7, 11) is 3.38. The fourth-order valence-corrected chi connectivity index (χ4v) is 3.32. The van der Waals surface area contributed by atoms with Gasteiger partial charge in [-0.15, -0.1) is 0 Å². The number of methoxy groups -OCH3 is 2. The smallest absolute Gasteiger partial charge is 0.119 e. The topological polar surface area (TPSA) is 18.5 Å². The molecule has 2 nitrogen and oxygen atoms in total. The van der Waals surface area contributed by atoms with Crippen molar-refractivity contribution in [1.29, 1.82) is 0 Å². The van der Waals surface area contributed by atoms with Gasteiger partial charge in [0.05, 0.1) is 14.2 Å². The van der Waals surface area contributed by atoms with Gasteiger partial charge < -0.3 is 9.47 Å². The van der Waals surface area contributed by atoms with E-state index < -0.39 is 0 Å². The van der Waals surface area contributed by atoms with Crippen LogP contribution in [0.15, 0.2) is 97.1 Å². The molecule has 2 heteroatoms. The highest BCUT2D eigenvalue weighted by Crippen LogP contribution is 2.29. The molecule has 0 saturated carbocycles. The fraction of sp³-hybridized carbons (Fsp3) is 0.0769. The van der Waals surface area contributed by atoms with Gasteiger partial charge in [-0.05, 0) is 57.6 Å². The zero-order chi connectivity index (χ0) is 19.3. The van der Waals surface area contributed by atoms with E-state index in [1.807, 2.05) is 24.3 Å². The maximum Gasteiger partial charge on any atom is 0.119 e. The summed E-state index contributed by atoms with van der Waals surface area (Å²) in [6.45, 7) is 0. The summed E-state index contributed by atoms with van der Waals surface area (Å²) >= 11 is 0. The zero-order valence-corrected chi connectivity index (χ0v) is 16.1. The Labute approximate surface area is 166 Å². The van der Waals surface area contributed by atoms with E-state index in [0.717, 1.165) is 22.6 Å². The Hall–Kier alpha value is -3.52. The van der Waals surface area contributed by atoms with Crippen molar-refractivity contribution in [2.24, 2.45) is 0 Å². The van der Waals surface area contributed by atoms with Crippen LogP contribution in [-0.2, 0) is 0 Å². The summed E-state index contributed by atoms with van der Waals surface area (Å²) in [6.07, 6.45) is 0. The molecular weight excluding hydrogens is 344 g/mol. The van der Waals surface area contributed by atoms with Gasteiger partial charge in [0, 0.05) is 0 Å². The van der Waals surface area contributed by atoms with E-state index in [0.29, 0.717) is 0 Å². The largest absolute Gasteiger partial charge is 0.497 e. The molecule has 4 aromatic carbocycles. The van der Waals surface area contributed by atoms with Crippen molar-refractivity contribution < 1.29 is 9.47 Å². The number of hydrogen-bond acceptors (Lipinski definition) is 2. The molecule has 138 valence electrons. The molecule has 0 amide bonds. The predicted octanol–water partition coefficient (Wildman–Crippen LogP) is 6.70. The maximum absolute atomic E-state index is 5.32. The summed E-state index contributed by atoms with van der Waals surface area (Å²) in [6, 6.07) is 33.5. The van der Waals surface area contributed by atoms with E-state index in [9.17, 15) is 0 Å². The minimum absolute atomic E-state index is 0.870. The minimum Gasteiger partial charge on any atom is -0.497 e. The molecule has 4 rings (SSSR count). The highest BCUT2D eigenvalue weighted by atomic mass is 16.5. The molecule has 0 heterocycles.